The standard InChI is InChI=1S/C45H31N3O2S/c1-2-11-26(12-3-1)43-46-44(48-45(47-43)34-19-9-18-33-29-14-5-7-22-39(29)51-42(33)34)27-23-24-37-35(25-27)40-30(15-10-21-38(40)49-37)32-17-8-16-31-28-13-4-6-20-36(28)50-41(31)32/h1-25,43-48H. The molecule has 1 fully saturated rings. The Bertz CT molecular complexity index is 2940. The van der Waals surface area contributed by atoms with E-state index >= 15 is 0 Å². The highest BCUT2D eigenvalue weighted by Gasteiger charge is 2.31. The van der Waals surface area contributed by atoms with Gasteiger partial charge in [0.05, 0.1) is 18.5 Å². The zero-order valence-electron chi connectivity index (χ0n) is 27.4. The largest absolute Gasteiger partial charge is 0.456 e. The molecule has 7 aromatic carbocycles. The molecule has 5 nitrogen and oxygen atoms in total. The van der Waals surface area contributed by atoms with Crippen molar-refractivity contribution < 1.29 is 8.83 Å². The minimum absolute atomic E-state index is 0.0786. The second-order valence-electron chi connectivity index (χ2n) is 13.3. The third-order valence-electron chi connectivity index (χ3n) is 10.4. The molecule has 244 valence electrons. The Balaban J connectivity index is 1.06. The van der Waals surface area contributed by atoms with Gasteiger partial charge in [-0.2, -0.15) is 0 Å². The van der Waals surface area contributed by atoms with Crippen LogP contribution in [-0.4, -0.2) is 0 Å². The number of hydrogen-bond acceptors (Lipinski definition) is 6. The van der Waals surface area contributed by atoms with Crippen LogP contribution in [0.25, 0.3) is 75.2 Å². The molecule has 11 rings (SSSR count). The topological polar surface area (TPSA) is 62.4 Å². The van der Waals surface area contributed by atoms with E-state index in [4.69, 9.17) is 8.83 Å². The molecule has 51 heavy (non-hydrogen) atoms. The van der Waals surface area contributed by atoms with Crippen molar-refractivity contribution in [2.75, 3.05) is 0 Å². The van der Waals surface area contributed by atoms with Crippen molar-refractivity contribution in [3.63, 3.8) is 0 Å². The fourth-order valence-corrected chi connectivity index (χ4v) is 9.30. The molecule has 3 unspecified atom stereocenters. The first-order valence-electron chi connectivity index (χ1n) is 17.4. The van der Waals surface area contributed by atoms with E-state index in [2.05, 4.69) is 155 Å². The second kappa shape index (κ2) is 11.4. The molecule has 1 aliphatic heterocycles. The number of furan rings is 2. The van der Waals surface area contributed by atoms with Crippen LogP contribution >= 0.6 is 11.3 Å². The van der Waals surface area contributed by atoms with E-state index in [9.17, 15) is 0 Å². The minimum atomic E-state index is -0.147. The van der Waals surface area contributed by atoms with Gasteiger partial charge in [0.2, 0.25) is 0 Å². The van der Waals surface area contributed by atoms with Crippen LogP contribution in [0.4, 0.5) is 0 Å². The Labute approximate surface area is 297 Å². The summed E-state index contributed by atoms with van der Waals surface area (Å²) in [6, 6.07) is 53.6. The molecule has 10 aromatic rings. The zero-order valence-corrected chi connectivity index (χ0v) is 28.2. The molecule has 6 heteroatoms. The number of para-hydroxylation sites is 2. The summed E-state index contributed by atoms with van der Waals surface area (Å²) in [6.45, 7) is 0. The van der Waals surface area contributed by atoms with Crippen LogP contribution in [0.2, 0.25) is 0 Å². The second-order valence-corrected chi connectivity index (χ2v) is 14.4. The van der Waals surface area contributed by atoms with Crippen LogP contribution in [-0.2, 0) is 0 Å². The average molecular weight is 678 g/mol. The van der Waals surface area contributed by atoms with Crippen molar-refractivity contribution >= 4 is 75.4 Å². The molecule has 0 bridgehead atoms. The van der Waals surface area contributed by atoms with Crippen LogP contribution < -0.4 is 16.0 Å². The molecule has 1 aliphatic rings. The summed E-state index contributed by atoms with van der Waals surface area (Å²) in [7, 11) is 0. The molecule has 0 radical (unpaired) electrons. The summed E-state index contributed by atoms with van der Waals surface area (Å²) >= 11 is 1.86. The van der Waals surface area contributed by atoms with Crippen LogP contribution in [0, 0.1) is 0 Å². The summed E-state index contributed by atoms with van der Waals surface area (Å²) in [4.78, 5) is 0. The highest BCUT2D eigenvalue weighted by molar-refractivity contribution is 7.26. The van der Waals surface area contributed by atoms with E-state index in [1.54, 1.807) is 0 Å². The van der Waals surface area contributed by atoms with E-state index < -0.39 is 0 Å². The van der Waals surface area contributed by atoms with Crippen LogP contribution in [0.5, 0.6) is 0 Å². The van der Waals surface area contributed by atoms with E-state index in [0.717, 1.165) is 60.6 Å². The Morgan fingerprint density at radius 1 is 0.431 bits per heavy atom. The molecule has 4 heterocycles. The lowest BCUT2D eigenvalue weighted by molar-refractivity contribution is 0.204. The van der Waals surface area contributed by atoms with Crippen molar-refractivity contribution in [1.29, 1.82) is 0 Å². The molecule has 0 amide bonds. The van der Waals surface area contributed by atoms with Crippen molar-refractivity contribution in [2.24, 2.45) is 0 Å². The molecule has 3 atom stereocenters. The Morgan fingerprint density at radius 2 is 1.10 bits per heavy atom. The van der Waals surface area contributed by atoms with Crippen molar-refractivity contribution in [3.05, 3.63) is 168 Å². The molecule has 0 saturated carbocycles. The summed E-state index contributed by atoms with van der Waals surface area (Å²) in [6.07, 6.45) is -0.326. The Hall–Kier alpha value is -5.76. The summed E-state index contributed by atoms with van der Waals surface area (Å²) in [5.41, 5.74) is 9.22. The van der Waals surface area contributed by atoms with E-state index in [1.165, 1.54) is 31.3 Å². The van der Waals surface area contributed by atoms with Gasteiger partial charge in [0.15, 0.2) is 0 Å². The van der Waals surface area contributed by atoms with Gasteiger partial charge in [0, 0.05) is 52.8 Å². The molecule has 3 N–H and O–H groups in total. The maximum Gasteiger partial charge on any atom is 0.143 e. The number of thiophene rings is 1. The number of fused-ring (bicyclic) bond motifs is 9. The van der Waals surface area contributed by atoms with Crippen molar-refractivity contribution in [2.45, 2.75) is 18.5 Å². The molecular formula is C45H31N3O2S. The van der Waals surface area contributed by atoms with Gasteiger partial charge in [-0.25, -0.2) is 0 Å². The van der Waals surface area contributed by atoms with Crippen molar-refractivity contribution in [3.8, 4) is 11.1 Å². The van der Waals surface area contributed by atoms with E-state index in [-0.39, 0.29) is 18.5 Å². The summed E-state index contributed by atoms with van der Waals surface area (Å²) in [5.74, 6) is 0. The molecular weight excluding hydrogens is 647 g/mol. The lowest BCUT2D eigenvalue weighted by atomic mass is 9.96. The fourth-order valence-electron chi connectivity index (χ4n) is 8.06. The quantitative estimate of drug-likeness (QED) is 0.173. The maximum atomic E-state index is 6.50. The first kappa shape index (κ1) is 29.0. The SMILES string of the molecule is c1ccc(C2NC(c3ccc4oc5cccc(-c6cccc7c6oc6ccccc67)c5c4c3)NC(c3cccc4c3sc3ccccc34)N2)cc1. The average Bonchev–Trinajstić information content (AvgIpc) is 3.89. The van der Waals surface area contributed by atoms with Gasteiger partial charge >= 0.3 is 0 Å². The van der Waals surface area contributed by atoms with Gasteiger partial charge in [0.25, 0.3) is 0 Å². The fraction of sp³-hybridized carbons (Fsp3) is 0.0667. The van der Waals surface area contributed by atoms with E-state index in [1.807, 2.05) is 23.5 Å². The molecule has 1 saturated heterocycles. The predicted molar refractivity (Wildman–Crippen MR) is 210 cm³/mol. The van der Waals surface area contributed by atoms with Gasteiger partial charge in [-0.15, -0.1) is 11.3 Å². The van der Waals surface area contributed by atoms with Gasteiger partial charge in [-0.05, 0) is 47.0 Å². The van der Waals surface area contributed by atoms with Gasteiger partial charge in [0.1, 0.15) is 22.3 Å². The first-order chi connectivity index (χ1) is 25.3. The highest BCUT2D eigenvalue weighted by atomic mass is 32.1. The highest BCUT2D eigenvalue weighted by Crippen LogP contribution is 2.43. The monoisotopic (exact) mass is 677 g/mol. The molecule has 0 aliphatic carbocycles. The first-order valence-corrected chi connectivity index (χ1v) is 18.2. The summed E-state index contributed by atoms with van der Waals surface area (Å²) < 4.78 is 15.6. The number of nitrogens with one attached hydrogen (secondary N) is 3. The number of rotatable bonds is 4. The maximum absolute atomic E-state index is 6.50. The van der Waals surface area contributed by atoms with Gasteiger partial charge in [-0.1, -0.05) is 121 Å². The van der Waals surface area contributed by atoms with Crippen LogP contribution in [0.1, 0.15) is 35.2 Å². The minimum Gasteiger partial charge on any atom is -0.456 e. The Kier molecular flexibility index (Phi) is 6.48. The molecule has 0 spiro atoms. The van der Waals surface area contributed by atoms with E-state index in [0.29, 0.717) is 0 Å². The molecule has 3 aromatic heterocycles. The van der Waals surface area contributed by atoms with Gasteiger partial charge < -0.3 is 8.83 Å². The smallest absolute Gasteiger partial charge is 0.143 e. The zero-order chi connectivity index (χ0) is 33.5. The number of benzene rings is 7. The lowest BCUT2D eigenvalue weighted by Crippen LogP contribution is -2.54. The number of hydrogen-bond donors (Lipinski definition) is 3. The summed E-state index contributed by atoms with van der Waals surface area (Å²) in [5, 5.41) is 18.7. The Morgan fingerprint density at radius 3 is 2.02 bits per heavy atom. The lowest BCUT2D eigenvalue weighted by Gasteiger charge is -2.39. The van der Waals surface area contributed by atoms with Crippen LogP contribution in [0.15, 0.2) is 160 Å². The normalized spacial score (nSPS) is 18.2. The van der Waals surface area contributed by atoms with Crippen LogP contribution in [0.3, 0.4) is 0 Å². The third kappa shape index (κ3) is 4.58. The van der Waals surface area contributed by atoms with Crippen molar-refractivity contribution in [1.82, 2.24) is 16.0 Å². The predicted octanol–water partition coefficient (Wildman–Crippen LogP) is 11.7. The van der Waals surface area contributed by atoms with Gasteiger partial charge in [-0.3, -0.25) is 16.0 Å². The third-order valence-corrected chi connectivity index (χ3v) is 11.7.